The summed E-state index contributed by atoms with van der Waals surface area (Å²) >= 11 is 0. The van der Waals surface area contributed by atoms with Crippen molar-refractivity contribution in [2.45, 2.75) is 20.0 Å². The Balaban J connectivity index is 2.58. The second-order valence-electron chi connectivity index (χ2n) is 4.18. The van der Waals surface area contributed by atoms with Crippen molar-refractivity contribution in [3.8, 4) is 5.75 Å². The van der Waals surface area contributed by atoms with Crippen LogP contribution in [0.3, 0.4) is 0 Å². The van der Waals surface area contributed by atoms with E-state index < -0.39 is 12.1 Å². The fourth-order valence-electron chi connectivity index (χ4n) is 1.10. The number of carbonyl (C=O) groups excluding carboxylic acids is 1. The minimum absolute atomic E-state index is 0.0780. The van der Waals surface area contributed by atoms with E-state index in [-0.39, 0.29) is 5.69 Å². The molecule has 0 saturated heterocycles. The van der Waals surface area contributed by atoms with Crippen LogP contribution < -0.4 is 10.1 Å². The molecule has 18 heavy (non-hydrogen) atoms. The van der Waals surface area contributed by atoms with Crippen molar-refractivity contribution in [2.75, 3.05) is 11.9 Å². The van der Waals surface area contributed by atoms with E-state index in [2.05, 4.69) is 0 Å². The molecule has 0 aromatic heterocycles. The lowest BCUT2D eigenvalue weighted by Crippen LogP contribution is -2.29. The molecule has 0 aliphatic heterocycles. The standard InChI is InChI=1S/C12H14F3NO2/c1-8(2)7-18-10-5-3-9(4-6-10)16-11(17)12(13,14)15/h3-6,8H,7H2,1-2H3,(H,16,17). The second kappa shape index (κ2) is 5.75. The summed E-state index contributed by atoms with van der Waals surface area (Å²) in [6, 6.07) is 5.74. The van der Waals surface area contributed by atoms with E-state index in [1.807, 2.05) is 13.8 Å². The van der Waals surface area contributed by atoms with Gasteiger partial charge in [0.1, 0.15) is 5.75 Å². The summed E-state index contributed by atoms with van der Waals surface area (Å²) in [5.41, 5.74) is 0.0780. The first kappa shape index (κ1) is 14.3. The first-order valence-corrected chi connectivity index (χ1v) is 5.40. The van der Waals surface area contributed by atoms with Gasteiger partial charge in [-0.15, -0.1) is 0 Å². The number of benzene rings is 1. The predicted molar refractivity (Wildman–Crippen MR) is 61.5 cm³/mol. The average Bonchev–Trinajstić information content (AvgIpc) is 2.26. The Kier molecular flexibility index (Phi) is 4.58. The number of carbonyl (C=O) groups is 1. The average molecular weight is 261 g/mol. The van der Waals surface area contributed by atoms with Crippen molar-refractivity contribution in [3.63, 3.8) is 0 Å². The molecule has 1 amide bonds. The summed E-state index contributed by atoms with van der Waals surface area (Å²) in [6.45, 7) is 4.49. The molecule has 0 radical (unpaired) electrons. The highest BCUT2D eigenvalue weighted by Gasteiger charge is 2.38. The molecule has 0 aliphatic rings. The summed E-state index contributed by atoms with van der Waals surface area (Å²) in [7, 11) is 0. The lowest BCUT2D eigenvalue weighted by Gasteiger charge is -2.10. The zero-order valence-corrected chi connectivity index (χ0v) is 10.0. The summed E-state index contributed by atoms with van der Waals surface area (Å²) in [5, 5.41) is 1.75. The maximum atomic E-state index is 12.0. The molecule has 1 aromatic carbocycles. The summed E-state index contributed by atoms with van der Waals surface area (Å²) in [6.07, 6.45) is -4.88. The van der Waals surface area contributed by atoms with E-state index in [9.17, 15) is 18.0 Å². The van der Waals surface area contributed by atoms with Crippen molar-refractivity contribution in [3.05, 3.63) is 24.3 Å². The van der Waals surface area contributed by atoms with E-state index in [1.165, 1.54) is 24.3 Å². The van der Waals surface area contributed by atoms with Crippen molar-refractivity contribution >= 4 is 11.6 Å². The van der Waals surface area contributed by atoms with Crippen LogP contribution in [0.4, 0.5) is 18.9 Å². The highest BCUT2D eigenvalue weighted by molar-refractivity contribution is 5.94. The molecular weight excluding hydrogens is 247 g/mol. The van der Waals surface area contributed by atoms with Crippen molar-refractivity contribution in [2.24, 2.45) is 5.92 Å². The number of ether oxygens (including phenoxy) is 1. The number of alkyl halides is 3. The molecule has 6 heteroatoms. The zero-order valence-electron chi connectivity index (χ0n) is 10.0. The van der Waals surface area contributed by atoms with Crippen LogP contribution in [0, 0.1) is 5.92 Å². The third-order valence-electron chi connectivity index (χ3n) is 1.95. The van der Waals surface area contributed by atoms with Gasteiger partial charge in [0, 0.05) is 5.69 Å². The quantitative estimate of drug-likeness (QED) is 0.903. The highest BCUT2D eigenvalue weighted by atomic mass is 19.4. The molecule has 100 valence electrons. The van der Waals surface area contributed by atoms with Gasteiger partial charge in [0.2, 0.25) is 0 Å². The van der Waals surface area contributed by atoms with Gasteiger partial charge >= 0.3 is 12.1 Å². The Bertz CT molecular complexity index is 399. The maximum Gasteiger partial charge on any atom is 0.471 e. The predicted octanol–water partition coefficient (Wildman–Crippen LogP) is 3.22. The molecule has 0 fully saturated rings. The Labute approximate surface area is 103 Å². The summed E-state index contributed by atoms with van der Waals surface area (Å²) in [5.74, 6) is -1.08. The largest absolute Gasteiger partial charge is 0.493 e. The number of hydrogen-bond donors (Lipinski definition) is 1. The van der Waals surface area contributed by atoms with Gasteiger partial charge in [-0.1, -0.05) is 13.8 Å². The molecule has 0 saturated carbocycles. The molecular formula is C12H14F3NO2. The Morgan fingerprint density at radius 1 is 1.28 bits per heavy atom. The third kappa shape index (κ3) is 4.65. The van der Waals surface area contributed by atoms with E-state index in [4.69, 9.17) is 4.74 Å². The van der Waals surface area contributed by atoms with E-state index in [0.717, 1.165) is 0 Å². The number of anilines is 1. The fourth-order valence-corrected chi connectivity index (χ4v) is 1.10. The van der Waals surface area contributed by atoms with Gasteiger partial charge in [0.25, 0.3) is 0 Å². The Morgan fingerprint density at radius 2 is 1.83 bits per heavy atom. The number of halogens is 3. The molecule has 1 rings (SSSR count). The fraction of sp³-hybridized carbons (Fsp3) is 0.417. The molecule has 0 heterocycles. The van der Waals surface area contributed by atoms with Crippen LogP contribution in [0.15, 0.2) is 24.3 Å². The van der Waals surface area contributed by atoms with Crippen LogP contribution in [-0.4, -0.2) is 18.7 Å². The van der Waals surface area contributed by atoms with E-state index in [0.29, 0.717) is 18.3 Å². The van der Waals surface area contributed by atoms with Crippen LogP contribution in [0.5, 0.6) is 5.75 Å². The van der Waals surface area contributed by atoms with Crippen molar-refractivity contribution < 1.29 is 22.7 Å². The minimum atomic E-state index is -4.88. The first-order chi connectivity index (χ1) is 8.29. The zero-order chi connectivity index (χ0) is 13.8. The van der Waals surface area contributed by atoms with E-state index >= 15 is 0 Å². The molecule has 0 unspecified atom stereocenters. The SMILES string of the molecule is CC(C)COc1ccc(NC(=O)C(F)(F)F)cc1. The molecule has 1 N–H and O–H groups in total. The lowest BCUT2D eigenvalue weighted by atomic mass is 10.2. The van der Waals surface area contributed by atoms with Crippen LogP contribution in [0.2, 0.25) is 0 Å². The highest BCUT2D eigenvalue weighted by Crippen LogP contribution is 2.20. The Hall–Kier alpha value is -1.72. The smallest absolute Gasteiger partial charge is 0.471 e. The van der Waals surface area contributed by atoms with Gasteiger partial charge in [-0.05, 0) is 30.2 Å². The first-order valence-electron chi connectivity index (χ1n) is 5.40. The van der Waals surface area contributed by atoms with Gasteiger partial charge in [-0.25, -0.2) is 0 Å². The van der Waals surface area contributed by atoms with Gasteiger partial charge in [0.05, 0.1) is 6.61 Å². The van der Waals surface area contributed by atoms with Crippen molar-refractivity contribution in [1.82, 2.24) is 0 Å². The summed E-state index contributed by atoms with van der Waals surface area (Å²) in [4.78, 5) is 10.7. The van der Waals surface area contributed by atoms with Gasteiger partial charge in [-0.2, -0.15) is 13.2 Å². The number of amides is 1. The van der Waals surface area contributed by atoms with Crippen LogP contribution in [0.1, 0.15) is 13.8 Å². The summed E-state index contributed by atoms with van der Waals surface area (Å²) < 4.78 is 41.3. The minimum Gasteiger partial charge on any atom is -0.493 e. The molecule has 0 bridgehead atoms. The lowest BCUT2D eigenvalue weighted by molar-refractivity contribution is -0.167. The molecule has 1 aromatic rings. The Morgan fingerprint density at radius 3 is 2.28 bits per heavy atom. The number of hydrogen-bond acceptors (Lipinski definition) is 2. The second-order valence-corrected chi connectivity index (χ2v) is 4.18. The normalized spacial score (nSPS) is 11.4. The topological polar surface area (TPSA) is 38.3 Å². The van der Waals surface area contributed by atoms with Crippen LogP contribution in [-0.2, 0) is 4.79 Å². The third-order valence-corrected chi connectivity index (χ3v) is 1.95. The monoisotopic (exact) mass is 261 g/mol. The molecule has 0 aliphatic carbocycles. The number of rotatable bonds is 4. The van der Waals surface area contributed by atoms with Gasteiger partial charge in [0.15, 0.2) is 0 Å². The molecule has 3 nitrogen and oxygen atoms in total. The number of nitrogens with one attached hydrogen (secondary N) is 1. The molecule has 0 atom stereocenters. The van der Waals surface area contributed by atoms with Crippen LogP contribution >= 0.6 is 0 Å². The maximum absolute atomic E-state index is 12.0. The van der Waals surface area contributed by atoms with Gasteiger partial charge < -0.3 is 10.1 Å². The van der Waals surface area contributed by atoms with Gasteiger partial charge in [-0.3, -0.25) is 4.79 Å². The van der Waals surface area contributed by atoms with E-state index in [1.54, 1.807) is 5.32 Å². The van der Waals surface area contributed by atoms with Crippen LogP contribution in [0.25, 0.3) is 0 Å². The molecule has 0 spiro atoms. The van der Waals surface area contributed by atoms with Crippen molar-refractivity contribution in [1.29, 1.82) is 0 Å².